The standard InChI is InChI=1S/C26H29N5O2/c1-26(2,3)33-23(32)14-19-11-17(12-19)7-8-20-16-28-25(31-24(20)29-21-9-10-21)30-22-6-4-5-18(13-22)15-27/h4-6,13,16-17,19,21H,9-12,14H2,1-3H3,(H2,28,29,30,31). The van der Waals surface area contributed by atoms with E-state index in [4.69, 9.17) is 10.00 Å². The molecule has 33 heavy (non-hydrogen) atoms. The molecule has 0 bridgehead atoms. The lowest BCUT2D eigenvalue weighted by Crippen LogP contribution is -2.29. The van der Waals surface area contributed by atoms with Crippen molar-refractivity contribution in [3.05, 3.63) is 41.6 Å². The highest BCUT2D eigenvalue weighted by Gasteiger charge is 2.31. The maximum absolute atomic E-state index is 12.0. The quantitative estimate of drug-likeness (QED) is 0.490. The van der Waals surface area contributed by atoms with Gasteiger partial charge in [-0.2, -0.15) is 10.2 Å². The fourth-order valence-corrected chi connectivity index (χ4v) is 3.68. The third-order valence-electron chi connectivity index (χ3n) is 5.48. The van der Waals surface area contributed by atoms with Gasteiger partial charge in [0, 0.05) is 24.1 Å². The van der Waals surface area contributed by atoms with Crippen molar-refractivity contribution in [2.75, 3.05) is 10.6 Å². The van der Waals surface area contributed by atoms with Crippen molar-refractivity contribution in [3.63, 3.8) is 0 Å². The van der Waals surface area contributed by atoms with Crippen molar-refractivity contribution in [2.45, 2.75) is 64.5 Å². The number of aromatic nitrogens is 2. The van der Waals surface area contributed by atoms with Crippen LogP contribution in [0.2, 0.25) is 0 Å². The van der Waals surface area contributed by atoms with Gasteiger partial charge in [-0.05, 0) is 70.6 Å². The topological polar surface area (TPSA) is 99.9 Å². The van der Waals surface area contributed by atoms with Gasteiger partial charge in [0.15, 0.2) is 0 Å². The molecule has 7 nitrogen and oxygen atoms in total. The number of carbonyl (C=O) groups excluding carboxylic acids is 1. The average Bonchev–Trinajstić information content (AvgIpc) is 3.53. The molecule has 0 saturated heterocycles. The second-order valence-electron chi connectivity index (χ2n) is 9.79. The maximum atomic E-state index is 12.0. The first kappa shape index (κ1) is 22.6. The molecule has 2 fully saturated rings. The SMILES string of the molecule is CC(C)(C)OC(=O)CC1CC(C#Cc2cnc(Nc3cccc(C#N)c3)nc2NC2CC2)C1. The summed E-state index contributed by atoms with van der Waals surface area (Å²) in [4.78, 5) is 21.0. The van der Waals surface area contributed by atoms with Gasteiger partial charge in [0.1, 0.15) is 11.4 Å². The van der Waals surface area contributed by atoms with Crippen LogP contribution in [0.4, 0.5) is 17.5 Å². The summed E-state index contributed by atoms with van der Waals surface area (Å²) in [7, 11) is 0. The minimum Gasteiger partial charge on any atom is -0.460 e. The van der Waals surface area contributed by atoms with E-state index in [9.17, 15) is 4.79 Å². The molecule has 0 aliphatic heterocycles. The van der Waals surface area contributed by atoms with Crippen molar-refractivity contribution in [3.8, 4) is 17.9 Å². The number of anilines is 3. The van der Waals surface area contributed by atoms with Crippen molar-refractivity contribution >= 4 is 23.4 Å². The number of hydrogen-bond acceptors (Lipinski definition) is 7. The van der Waals surface area contributed by atoms with Crippen LogP contribution in [-0.2, 0) is 9.53 Å². The number of nitrogens with one attached hydrogen (secondary N) is 2. The zero-order valence-electron chi connectivity index (χ0n) is 19.3. The van der Waals surface area contributed by atoms with Gasteiger partial charge in [0.25, 0.3) is 0 Å². The molecular weight excluding hydrogens is 414 g/mol. The molecule has 2 aromatic rings. The summed E-state index contributed by atoms with van der Waals surface area (Å²) in [6, 6.07) is 9.76. The minimum atomic E-state index is -0.440. The van der Waals surface area contributed by atoms with E-state index < -0.39 is 5.60 Å². The first-order chi connectivity index (χ1) is 15.8. The number of benzene rings is 1. The van der Waals surface area contributed by atoms with E-state index in [1.54, 1.807) is 18.3 Å². The van der Waals surface area contributed by atoms with Crippen LogP contribution in [0.15, 0.2) is 30.5 Å². The lowest BCUT2D eigenvalue weighted by Gasteiger charge is -2.32. The predicted molar refractivity (Wildman–Crippen MR) is 127 cm³/mol. The van der Waals surface area contributed by atoms with Crippen molar-refractivity contribution in [2.24, 2.45) is 11.8 Å². The summed E-state index contributed by atoms with van der Waals surface area (Å²) < 4.78 is 5.41. The zero-order valence-corrected chi connectivity index (χ0v) is 19.3. The molecule has 4 rings (SSSR count). The molecule has 2 saturated carbocycles. The van der Waals surface area contributed by atoms with Crippen molar-refractivity contribution in [1.29, 1.82) is 5.26 Å². The lowest BCUT2D eigenvalue weighted by molar-refractivity contribution is -0.156. The number of esters is 1. The molecule has 2 aliphatic rings. The van der Waals surface area contributed by atoms with Crippen LogP contribution in [0.25, 0.3) is 0 Å². The van der Waals surface area contributed by atoms with Crippen LogP contribution >= 0.6 is 0 Å². The maximum Gasteiger partial charge on any atom is 0.306 e. The van der Waals surface area contributed by atoms with Gasteiger partial charge in [0.2, 0.25) is 5.95 Å². The van der Waals surface area contributed by atoms with E-state index >= 15 is 0 Å². The van der Waals surface area contributed by atoms with Gasteiger partial charge in [-0.15, -0.1) is 0 Å². The van der Waals surface area contributed by atoms with Gasteiger partial charge < -0.3 is 15.4 Å². The number of carbonyl (C=O) groups is 1. The number of nitrogens with zero attached hydrogens (tertiary/aromatic N) is 3. The summed E-state index contributed by atoms with van der Waals surface area (Å²) in [6.07, 6.45) is 6.26. The molecule has 0 radical (unpaired) electrons. The minimum absolute atomic E-state index is 0.133. The Morgan fingerprint density at radius 1 is 1.27 bits per heavy atom. The molecule has 1 aromatic heterocycles. The van der Waals surface area contributed by atoms with Gasteiger partial charge in [-0.3, -0.25) is 4.79 Å². The van der Waals surface area contributed by atoms with Crippen molar-refractivity contribution < 1.29 is 9.53 Å². The van der Waals surface area contributed by atoms with Crippen LogP contribution in [-0.4, -0.2) is 27.6 Å². The van der Waals surface area contributed by atoms with Crippen molar-refractivity contribution in [1.82, 2.24) is 9.97 Å². The van der Waals surface area contributed by atoms with E-state index in [2.05, 4.69) is 38.5 Å². The van der Waals surface area contributed by atoms with E-state index in [0.29, 0.717) is 29.9 Å². The third kappa shape index (κ3) is 6.70. The number of ether oxygens (including phenoxy) is 1. The first-order valence-corrected chi connectivity index (χ1v) is 11.4. The Morgan fingerprint density at radius 2 is 2.06 bits per heavy atom. The highest BCUT2D eigenvalue weighted by atomic mass is 16.6. The lowest BCUT2D eigenvalue weighted by atomic mass is 9.73. The number of nitriles is 1. The summed E-state index contributed by atoms with van der Waals surface area (Å²) in [6.45, 7) is 5.67. The van der Waals surface area contributed by atoms with Gasteiger partial charge in [-0.1, -0.05) is 17.9 Å². The van der Waals surface area contributed by atoms with E-state index in [-0.39, 0.29) is 11.9 Å². The second-order valence-corrected chi connectivity index (χ2v) is 9.79. The number of hydrogen-bond donors (Lipinski definition) is 2. The van der Waals surface area contributed by atoms with E-state index in [1.807, 2.05) is 32.9 Å². The Kier molecular flexibility index (Phi) is 6.51. The van der Waals surface area contributed by atoms with Gasteiger partial charge in [-0.25, -0.2) is 4.98 Å². The monoisotopic (exact) mass is 443 g/mol. The van der Waals surface area contributed by atoms with Gasteiger partial charge in [0.05, 0.1) is 23.4 Å². The normalized spacial score (nSPS) is 19.3. The smallest absolute Gasteiger partial charge is 0.306 e. The van der Waals surface area contributed by atoms with Crippen LogP contribution in [0.1, 0.15) is 64.0 Å². The Balaban J connectivity index is 1.39. The summed E-state index contributed by atoms with van der Waals surface area (Å²) in [5.74, 6) is 8.24. The van der Waals surface area contributed by atoms with Crippen LogP contribution in [0, 0.1) is 35.0 Å². The molecule has 0 spiro atoms. The largest absolute Gasteiger partial charge is 0.460 e. The Hall–Kier alpha value is -3.58. The van der Waals surface area contributed by atoms with Crippen LogP contribution < -0.4 is 10.6 Å². The Labute approximate surface area is 195 Å². The Bertz CT molecular complexity index is 1130. The average molecular weight is 444 g/mol. The molecule has 1 aromatic carbocycles. The Morgan fingerprint density at radius 3 is 2.76 bits per heavy atom. The molecular formula is C26H29N5O2. The van der Waals surface area contributed by atoms with E-state index in [0.717, 1.165) is 42.8 Å². The first-order valence-electron chi connectivity index (χ1n) is 11.4. The molecule has 0 amide bonds. The summed E-state index contributed by atoms with van der Waals surface area (Å²) in [5, 5.41) is 15.7. The molecule has 7 heteroatoms. The highest BCUT2D eigenvalue weighted by Crippen LogP contribution is 2.36. The predicted octanol–water partition coefficient (Wildman–Crippen LogP) is 4.78. The fourth-order valence-electron chi connectivity index (χ4n) is 3.68. The fraction of sp³-hybridized carbons (Fsp3) is 0.462. The third-order valence-corrected chi connectivity index (χ3v) is 5.48. The van der Waals surface area contributed by atoms with E-state index in [1.165, 1.54) is 0 Å². The van der Waals surface area contributed by atoms with Crippen LogP contribution in [0.3, 0.4) is 0 Å². The second kappa shape index (κ2) is 9.50. The van der Waals surface area contributed by atoms with Crippen LogP contribution in [0.5, 0.6) is 0 Å². The molecule has 1 heterocycles. The highest BCUT2D eigenvalue weighted by molar-refractivity contribution is 5.70. The molecule has 170 valence electrons. The molecule has 0 atom stereocenters. The summed E-state index contributed by atoms with van der Waals surface area (Å²) in [5.41, 5.74) is 1.67. The molecule has 2 aliphatic carbocycles. The van der Waals surface area contributed by atoms with Gasteiger partial charge >= 0.3 is 5.97 Å². The number of rotatable bonds is 6. The molecule has 2 N–H and O–H groups in total. The summed E-state index contributed by atoms with van der Waals surface area (Å²) >= 11 is 0. The molecule has 0 unspecified atom stereocenters. The zero-order chi connectivity index (χ0) is 23.4.